The fraction of sp³-hybridized carbons (Fsp3) is 0.562. The molecule has 0 amide bonds. The van der Waals surface area contributed by atoms with E-state index in [-0.39, 0.29) is 6.04 Å². The first-order chi connectivity index (χ1) is 8.95. The van der Waals surface area contributed by atoms with Crippen molar-refractivity contribution in [2.75, 3.05) is 0 Å². The van der Waals surface area contributed by atoms with Crippen LogP contribution < -0.4 is 5.32 Å². The largest absolute Gasteiger partial charge is 0.480 e. The number of rotatable bonds is 7. The van der Waals surface area contributed by atoms with E-state index >= 15 is 0 Å². The Bertz CT molecular complexity index is 398. The highest BCUT2D eigenvalue weighted by molar-refractivity contribution is 5.73. The summed E-state index contributed by atoms with van der Waals surface area (Å²) in [5, 5.41) is 12.3. The molecule has 1 rings (SSSR count). The molecule has 0 aliphatic rings. The Labute approximate surface area is 116 Å². The van der Waals surface area contributed by atoms with Crippen LogP contribution in [0.4, 0.5) is 0 Å². The molecule has 0 aliphatic carbocycles. The molecular formula is C16H25NO2. The lowest BCUT2D eigenvalue weighted by atomic mass is 9.99. The highest BCUT2D eigenvalue weighted by Gasteiger charge is 2.19. The highest BCUT2D eigenvalue weighted by atomic mass is 16.4. The number of hydrogen-bond acceptors (Lipinski definition) is 2. The summed E-state index contributed by atoms with van der Waals surface area (Å²) in [5.74, 6) is -0.253. The van der Waals surface area contributed by atoms with E-state index in [0.29, 0.717) is 12.3 Å². The summed E-state index contributed by atoms with van der Waals surface area (Å²) >= 11 is 0. The molecule has 3 heteroatoms. The van der Waals surface area contributed by atoms with Crippen LogP contribution in [0.15, 0.2) is 24.3 Å². The monoisotopic (exact) mass is 263 g/mol. The Morgan fingerprint density at radius 1 is 1.16 bits per heavy atom. The van der Waals surface area contributed by atoms with Gasteiger partial charge < -0.3 is 5.11 Å². The van der Waals surface area contributed by atoms with E-state index in [2.05, 4.69) is 43.4 Å². The van der Waals surface area contributed by atoms with E-state index in [1.807, 2.05) is 13.8 Å². The summed E-state index contributed by atoms with van der Waals surface area (Å²) < 4.78 is 0. The molecule has 0 spiro atoms. The van der Waals surface area contributed by atoms with Gasteiger partial charge in [0.1, 0.15) is 6.04 Å². The van der Waals surface area contributed by atoms with Gasteiger partial charge in [0.15, 0.2) is 0 Å². The minimum Gasteiger partial charge on any atom is -0.480 e. The van der Waals surface area contributed by atoms with Crippen molar-refractivity contribution < 1.29 is 9.90 Å². The zero-order valence-electron chi connectivity index (χ0n) is 12.3. The van der Waals surface area contributed by atoms with Gasteiger partial charge in [-0.15, -0.1) is 0 Å². The van der Waals surface area contributed by atoms with Gasteiger partial charge in [0.05, 0.1) is 0 Å². The zero-order valence-corrected chi connectivity index (χ0v) is 12.3. The molecular weight excluding hydrogens is 238 g/mol. The van der Waals surface area contributed by atoms with Crippen LogP contribution in [-0.2, 0) is 4.79 Å². The lowest BCUT2D eigenvalue weighted by molar-refractivity contribution is -0.139. The SMILES string of the molecule is CCCC(NC(C)c1ccc(C(C)C)cc1)C(=O)O. The normalized spacial score (nSPS) is 14.4. The van der Waals surface area contributed by atoms with Crippen molar-refractivity contribution in [3.8, 4) is 0 Å². The molecule has 2 atom stereocenters. The molecule has 0 saturated heterocycles. The molecule has 1 aromatic rings. The van der Waals surface area contributed by atoms with Gasteiger partial charge in [0.2, 0.25) is 0 Å². The number of aliphatic carboxylic acids is 1. The van der Waals surface area contributed by atoms with E-state index in [0.717, 1.165) is 12.0 Å². The van der Waals surface area contributed by atoms with Crippen molar-refractivity contribution >= 4 is 5.97 Å². The van der Waals surface area contributed by atoms with Crippen molar-refractivity contribution in [3.05, 3.63) is 35.4 Å². The van der Waals surface area contributed by atoms with Crippen molar-refractivity contribution in [2.45, 2.75) is 58.5 Å². The number of nitrogens with one attached hydrogen (secondary N) is 1. The number of carboxylic acid groups (broad SMARTS) is 1. The summed E-state index contributed by atoms with van der Waals surface area (Å²) in [6, 6.07) is 7.98. The van der Waals surface area contributed by atoms with Crippen molar-refractivity contribution in [1.82, 2.24) is 5.32 Å². The molecule has 19 heavy (non-hydrogen) atoms. The summed E-state index contributed by atoms with van der Waals surface area (Å²) in [6.45, 7) is 8.34. The summed E-state index contributed by atoms with van der Waals surface area (Å²) in [4.78, 5) is 11.1. The van der Waals surface area contributed by atoms with Crippen LogP contribution in [0.3, 0.4) is 0 Å². The maximum absolute atomic E-state index is 11.1. The van der Waals surface area contributed by atoms with Crippen LogP contribution in [0.2, 0.25) is 0 Å². The highest BCUT2D eigenvalue weighted by Crippen LogP contribution is 2.19. The van der Waals surface area contributed by atoms with Crippen LogP contribution in [0, 0.1) is 0 Å². The zero-order chi connectivity index (χ0) is 14.4. The average Bonchev–Trinajstić information content (AvgIpc) is 2.38. The Morgan fingerprint density at radius 2 is 1.68 bits per heavy atom. The molecule has 3 nitrogen and oxygen atoms in total. The van der Waals surface area contributed by atoms with Crippen LogP contribution in [-0.4, -0.2) is 17.1 Å². The standard InChI is InChI=1S/C16H25NO2/c1-5-6-15(16(18)19)17-12(4)14-9-7-13(8-10-14)11(2)3/h7-12,15,17H,5-6H2,1-4H3,(H,18,19). The third-order valence-electron chi connectivity index (χ3n) is 3.43. The number of carboxylic acids is 1. The number of carbonyl (C=O) groups is 1. The van der Waals surface area contributed by atoms with Gasteiger partial charge in [-0.1, -0.05) is 51.5 Å². The summed E-state index contributed by atoms with van der Waals surface area (Å²) in [5.41, 5.74) is 2.44. The van der Waals surface area contributed by atoms with Crippen molar-refractivity contribution in [3.63, 3.8) is 0 Å². The lowest BCUT2D eigenvalue weighted by Crippen LogP contribution is -2.38. The predicted octanol–water partition coefficient (Wildman–Crippen LogP) is 3.71. The van der Waals surface area contributed by atoms with Gasteiger partial charge in [-0.3, -0.25) is 10.1 Å². The molecule has 0 heterocycles. The van der Waals surface area contributed by atoms with Gasteiger partial charge in [0.25, 0.3) is 0 Å². The second kappa shape index (κ2) is 7.29. The minimum atomic E-state index is -0.771. The van der Waals surface area contributed by atoms with Gasteiger partial charge >= 0.3 is 5.97 Å². The van der Waals surface area contributed by atoms with Crippen LogP contribution in [0.1, 0.15) is 63.6 Å². The minimum absolute atomic E-state index is 0.0499. The van der Waals surface area contributed by atoms with Crippen molar-refractivity contribution in [1.29, 1.82) is 0 Å². The molecule has 106 valence electrons. The molecule has 0 bridgehead atoms. The maximum atomic E-state index is 11.1. The fourth-order valence-electron chi connectivity index (χ4n) is 2.13. The quantitative estimate of drug-likeness (QED) is 0.788. The second-order valence-electron chi connectivity index (χ2n) is 5.39. The number of hydrogen-bond donors (Lipinski definition) is 2. The Morgan fingerprint density at radius 3 is 2.11 bits per heavy atom. The summed E-state index contributed by atoms with van der Waals surface area (Å²) in [7, 11) is 0. The molecule has 0 aromatic heterocycles. The topological polar surface area (TPSA) is 49.3 Å². The first kappa shape index (κ1) is 15.7. The summed E-state index contributed by atoms with van der Waals surface area (Å²) in [6.07, 6.45) is 1.52. The van der Waals surface area contributed by atoms with Gasteiger partial charge in [0, 0.05) is 6.04 Å². The number of benzene rings is 1. The molecule has 0 radical (unpaired) electrons. The van der Waals surface area contributed by atoms with E-state index in [4.69, 9.17) is 5.11 Å². The second-order valence-corrected chi connectivity index (χ2v) is 5.39. The van der Waals surface area contributed by atoms with E-state index in [1.165, 1.54) is 5.56 Å². The third-order valence-corrected chi connectivity index (χ3v) is 3.43. The molecule has 2 unspecified atom stereocenters. The Balaban J connectivity index is 2.71. The first-order valence-electron chi connectivity index (χ1n) is 7.04. The third kappa shape index (κ3) is 4.67. The van der Waals surface area contributed by atoms with Gasteiger partial charge in [-0.05, 0) is 30.4 Å². The Kier molecular flexibility index (Phi) is 6.03. The van der Waals surface area contributed by atoms with E-state index < -0.39 is 12.0 Å². The molecule has 2 N–H and O–H groups in total. The molecule has 0 saturated carbocycles. The van der Waals surface area contributed by atoms with Gasteiger partial charge in [-0.2, -0.15) is 0 Å². The van der Waals surface area contributed by atoms with Crippen LogP contribution >= 0.6 is 0 Å². The first-order valence-corrected chi connectivity index (χ1v) is 7.04. The molecule has 0 fully saturated rings. The lowest BCUT2D eigenvalue weighted by Gasteiger charge is -2.20. The fourth-order valence-corrected chi connectivity index (χ4v) is 2.13. The van der Waals surface area contributed by atoms with Crippen LogP contribution in [0.25, 0.3) is 0 Å². The Hall–Kier alpha value is -1.35. The maximum Gasteiger partial charge on any atom is 0.320 e. The molecule has 0 aliphatic heterocycles. The van der Waals surface area contributed by atoms with Crippen molar-refractivity contribution in [2.24, 2.45) is 0 Å². The average molecular weight is 263 g/mol. The smallest absolute Gasteiger partial charge is 0.320 e. The van der Waals surface area contributed by atoms with E-state index in [9.17, 15) is 4.79 Å². The van der Waals surface area contributed by atoms with E-state index in [1.54, 1.807) is 0 Å². The molecule has 1 aromatic carbocycles. The van der Waals surface area contributed by atoms with Gasteiger partial charge in [-0.25, -0.2) is 0 Å². The predicted molar refractivity (Wildman–Crippen MR) is 78.4 cm³/mol. The van der Waals surface area contributed by atoms with Crippen LogP contribution in [0.5, 0.6) is 0 Å².